The zero-order valence-corrected chi connectivity index (χ0v) is 13.7. The van der Waals surface area contributed by atoms with Crippen molar-refractivity contribution in [1.29, 1.82) is 0 Å². The van der Waals surface area contributed by atoms with Crippen LogP contribution in [0.1, 0.15) is 27.2 Å². The number of hydrogen-bond donors (Lipinski definition) is 1. The molecule has 3 rings (SSSR count). The maximum atomic E-state index is 12.6. The Bertz CT molecular complexity index is 777. The van der Waals surface area contributed by atoms with E-state index in [2.05, 4.69) is 25.8 Å². The fraction of sp³-hybridized carbons (Fsp3) is 0.357. The van der Waals surface area contributed by atoms with Crippen LogP contribution in [-0.2, 0) is 6.54 Å². The number of thiophene rings is 1. The standard InChI is InChI=1S/C14H17N7OS/c1-10-11(2)23-14(21-9-17-18-19-21)12(10)13(22)16-4-3-6-20-7-5-15-8-20/h5,7-9H,3-4,6H2,1-2H3,(H,16,22). The van der Waals surface area contributed by atoms with Gasteiger partial charge >= 0.3 is 0 Å². The van der Waals surface area contributed by atoms with Crippen LogP contribution < -0.4 is 5.32 Å². The van der Waals surface area contributed by atoms with Gasteiger partial charge in [-0.15, -0.1) is 16.4 Å². The van der Waals surface area contributed by atoms with E-state index in [1.54, 1.807) is 12.5 Å². The van der Waals surface area contributed by atoms with Crippen molar-refractivity contribution < 1.29 is 4.79 Å². The lowest BCUT2D eigenvalue weighted by Crippen LogP contribution is -2.26. The predicted octanol–water partition coefficient (Wildman–Crippen LogP) is 1.36. The average molecular weight is 331 g/mol. The third-order valence-electron chi connectivity index (χ3n) is 3.59. The number of nitrogens with one attached hydrogen (secondary N) is 1. The molecule has 1 amide bonds. The van der Waals surface area contributed by atoms with Crippen LogP contribution in [0.3, 0.4) is 0 Å². The van der Waals surface area contributed by atoms with Gasteiger partial charge in [-0.3, -0.25) is 4.79 Å². The van der Waals surface area contributed by atoms with Crippen molar-refractivity contribution in [3.05, 3.63) is 41.1 Å². The lowest BCUT2D eigenvalue weighted by Gasteiger charge is -2.07. The number of amides is 1. The lowest BCUT2D eigenvalue weighted by atomic mass is 10.1. The summed E-state index contributed by atoms with van der Waals surface area (Å²) in [6.45, 7) is 5.35. The molecule has 0 unspecified atom stereocenters. The second kappa shape index (κ2) is 6.69. The molecule has 0 radical (unpaired) electrons. The predicted molar refractivity (Wildman–Crippen MR) is 85.7 cm³/mol. The van der Waals surface area contributed by atoms with Crippen LogP contribution in [0.2, 0.25) is 0 Å². The molecule has 9 heteroatoms. The van der Waals surface area contributed by atoms with Gasteiger partial charge in [-0.1, -0.05) is 0 Å². The molecule has 8 nitrogen and oxygen atoms in total. The van der Waals surface area contributed by atoms with Gasteiger partial charge in [-0.05, 0) is 36.3 Å². The summed E-state index contributed by atoms with van der Waals surface area (Å²) in [7, 11) is 0. The molecule has 0 bridgehead atoms. The Morgan fingerprint density at radius 3 is 2.91 bits per heavy atom. The van der Waals surface area contributed by atoms with Crippen LogP contribution in [0.25, 0.3) is 5.00 Å². The molecule has 0 spiro atoms. The van der Waals surface area contributed by atoms with Crippen molar-refractivity contribution in [3.8, 4) is 5.00 Å². The zero-order valence-electron chi connectivity index (χ0n) is 12.9. The number of rotatable bonds is 6. The minimum absolute atomic E-state index is 0.0945. The maximum absolute atomic E-state index is 12.6. The van der Waals surface area contributed by atoms with Crippen molar-refractivity contribution >= 4 is 17.2 Å². The van der Waals surface area contributed by atoms with Crippen molar-refractivity contribution in [1.82, 2.24) is 35.1 Å². The van der Waals surface area contributed by atoms with Gasteiger partial charge < -0.3 is 9.88 Å². The Balaban J connectivity index is 1.67. The van der Waals surface area contributed by atoms with Gasteiger partial charge in [0.1, 0.15) is 11.3 Å². The topological polar surface area (TPSA) is 90.5 Å². The van der Waals surface area contributed by atoms with Crippen molar-refractivity contribution in [2.45, 2.75) is 26.8 Å². The Hall–Kier alpha value is -2.55. The van der Waals surface area contributed by atoms with E-state index in [-0.39, 0.29) is 5.91 Å². The summed E-state index contributed by atoms with van der Waals surface area (Å²) in [4.78, 5) is 17.6. The second-order valence-electron chi connectivity index (χ2n) is 5.13. The van der Waals surface area contributed by atoms with Crippen molar-refractivity contribution in [2.24, 2.45) is 0 Å². The summed E-state index contributed by atoms with van der Waals surface area (Å²) < 4.78 is 3.52. The van der Waals surface area contributed by atoms with Gasteiger partial charge in [-0.2, -0.15) is 4.68 Å². The van der Waals surface area contributed by atoms with Crippen LogP contribution in [0, 0.1) is 13.8 Å². The largest absolute Gasteiger partial charge is 0.352 e. The Kier molecular flexibility index (Phi) is 4.47. The molecule has 3 aromatic heterocycles. The van der Waals surface area contributed by atoms with Crippen molar-refractivity contribution in [2.75, 3.05) is 6.54 Å². The average Bonchev–Trinajstić information content (AvgIpc) is 3.26. The van der Waals surface area contributed by atoms with Crippen LogP contribution in [-0.4, -0.2) is 42.2 Å². The maximum Gasteiger partial charge on any atom is 0.254 e. The molecule has 120 valence electrons. The Labute approximate surface area is 137 Å². The molecule has 0 aromatic carbocycles. The molecule has 0 aliphatic heterocycles. The first-order valence-electron chi connectivity index (χ1n) is 7.24. The van der Waals surface area contributed by atoms with Crippen LogP contribution in [0.15, 0.2) is 25.0 Å². The number of aryl methyl sites for hydroxylation is 2. The first-order chi connectivity index (χ1) is 11.2. The molecule has 0 atom stereocenters. The molecule has 0 aliphatic rings. The lowest BCUT2D eigenvalue weighted by molar-refractivity contribution is 0.0952. The fourth-order valence-corrected chi connectivity index (χ4v) is 3.33. The van der Waals surface area contributed by atoms with Gasteiger partial charge in [0.25, 0.3) is 5.91 Å². The molecule has 0 aliphatic carbocycles. The minimum atomic E-state index is -0.0945. The molecule has 3 heterocycles. The summed E-state index contributed by atoms with van der Waals surface area (Å²) in [6.07, 6.45) is 7.76. The van der Waals surface area contributed by atoms with Gasteiger partial charge in [0, 0.05) is 30.4 Å². The molecule has 0 saturated carbocycles. The quantitative estimate of drug-likeness (QED) is 0.689. The van der Waals surface area contributed by atoms with E-state index in [0.717, 1.165) is 28.4 Å². The molecular weight excluding hydrogens is 314 g/mol. The number of hydrogen-bond acceptors (Lipinski definition) is 6. The van der Waals surface area contributed by atoms with Crippen LogP contribution in [0.4, 0.5) is 0 Å². The molecular formula is C14H17N7OS. The number of imidazole rings is 1. The van der Waals surface area contributed by atoms with E-state index in [4.69, 9.17) is 0 Å². The molecule has 1 N–H and O–H groups in total. The van der Waals surface area contributed by atoms with Gasteiger partial charge in [-0.25, -0.2) is 4.98 Å². The van der Waals surface area contributed by atoms with E-state index >= 15 is 0 Å². The van der Waals surface area contributed by atoms with E-state index < -0.39 is 0 Å². The number of nitrogens with zero attached hydrogens (tertiary/aromatic N) is 6. The first kappa shape index (κ1) is 15.3. The number of carbonyl (C=O) groups excluding carboxylic acids is 1. The molecule has 3 aromatic rings. The summed E-state index contributed by atoms with van der Waals surface area (Å²) >= 11 is 1.51. The monoisotopic (exact) mass is 331 g/mol. The Morgan fingerprint density at radius 2 is 2.22 bits per heavy atom. The van der Waals surface area contributed by atoms with Crippen LogP contribution in [0.5, 0.6) is 0 Å². The highest BCUT2D eigenvalue weighted by Crippen LogP contribution is 2.29. The smallest absolute Gasteiger partial charge is 0.254 e. The second-order valence-corrected chi connectivity index (χ2v) is 6.33. The van der Waals surface area contributed by atoms with E-state index in [1.165, 1.54) is 22.3 Å². The molecule has 23 heavy (non-hydrogen) atoms. The summed E-state index contributed by atoms with van der Waals surface area (Å²) in [5.41, 5.74) is 1.61. The molecule has 0 saturated heterocycles. The highest BCUT2D eigenvalue weighted by molar-refractivity contribution is 7.15. The minimum Gasteiger partial charge on any atom is -0.352 e. The fourth-order valence-electron chi connectivity index (χ4n) is 2.26. The van der Waals surface area contributed by atoms with Crippen LogP contribution >= 0.6 is 11.3 Å². The van der Waals surface area contributed by atoms with Gasteiger partial charge in [0.2, 0.25) is 0 Å². The third kappa shape index (κ3) is 3.29. The first-order valence-corrected chi connectivity index (χ1v) is 8.05. The summed E-state index contributed by atoms with van der Waals surface area (Å²) in [5, 5.41) is 14.9. The van der Waals surface area contributed by atoms with E-state index in [0.29, 0.717) is 12.1 Å². The zero-order chi connectivity index (χ0) is 16.2. The van der Waals surface area contributed by atoms with E-state index in [9.17, 15) is 4.79 Å². The SMILES string of the molecule is Cc1sc(-n2cnnn2)c(C(=O)NCCCn2ccnc2)c1C. The number of aromatic nitrogens is 6. The third-order valence-corrected chi connectivity index (χ3v) is 4.79. The van der Waals surface area contributed by atoms with Gasteiger partial charge in [0.05, 0.1) is 11.9 Å². The summed E-state index contributed by atoms with van der Waals surface area (Å²) in [5.74, 6) is -0.0945. The highest BCUT2D eigenvalue weighted by Gasteiger charge is 2.21. The number of carbonyl (C=O) groups is 1. The molecule has 0 fully saturated rings. The summed E-state index contributed by atoms with van der Waals surface area (Å²) in [6, 6.07) is 0. The van der Waals surface area contributed by atoms with E-state index in [1.807, 2.05) is 24.6 Å². The Morgan fingerprint density at radius 1 is 1.35 bits per heavy atom. The van der Waals surface area contributed by atoms with Crippen molar-refractivity contribution in [3.63, 3.8) is 0 Å². The number of tetrazole rings is 1. The highest BCUT2D eigenvalue weighted by atomic mass is 32.1. The van der Waals surface area contributed by atoms with Gasteiger partial charge in [0.15, 0.2) is 0 Å². The normalized spacial score (nSPS) is 10.9.